The van der Waals surface area contributed by atoms with Gasteiger partial charge in [-0.15, -0.1) is 12.6 Å². The van der Waals surface area contributed by atoms with Crippen LogP contribution in [-0.4, -0.2) is 18.8 Å². The topological polar surface area (TPSA) is 21.1 Å². The molecule has 0 aliphatic heterocycles. The molecule has 0 spiro atoms. The molecule has 0 aromatic carbocycles. The van der Waals surface area contributed by atoms with E-state index in [0.717, 1.165) is 13.1 Å². The maximum atomic E-state index is 5.20. The Morgan fingerprint density at radius 2 is 2.06 bits per heavy atom. The lowest BCUT2D eigenvalue weighted by Gasteiger charge is -2.23. The highest BCUT2D eigenvalue weighted by molar-refractivity contribution is 8.10. The van der Waals surface area contributed by atoms with Crippen LogP contribution in [0.1, 0.15) is 11.3 Å². The molecule has 18 heavy (non-hydrogen) atoms. The van der Waals surface area contributed by atoms with E-state index in [2.05, 4.69) is 33.1 Å². The Morgan fingerprint density at radius 3 is 2.61 bits per heavy atom. The van der Waals surface area contributed by atoms with Crippen molar-refractivity contribution in [2.45, 2.75) is 13.1 Å². The molecule has 0 N–H and O–H groups in total. The molecule has 94 valence electrons. The maximum Gasteiger partial charge on any atom is 0.133 e. The van der Waals surface area contributed by atoms with Crippen molar-refractivity contribution in [1.82, 2.24) is 14.5 Å². The van der Waals surface area contributed by atoms with Crippen LogP contribution >= 0.6 is 24.8 Å². The van der Waals surface area contributed by atoms with Crippen LogP contribution in [0.2, 0.25) is 0 Å². The Kier molecular flexibility index (Phi) is 4.38. The largest absolute Gasteiger partial charge is 0.353 e. The van der Waals surface area contributed by atoms with E-state index in [1.165, 1.54) is 11.3 Å². The number of aryl methyl sites for hydroxylation is 1. The molecular formula is C13H15N3S2. The van der Waals surface area contributed by atoms with Crippen LogP contribution in [0.25, 0.3) is 0 Å². The molecule has 0 radical (unpaired) electrons. The standard InChI is InChI=1S/C13H15N3S2/c1-15-8-2-3-12(15)10-16(13(17)18)9-11-4-6-14-7-5-11/h2-8H,9-10H2,1H3,(H,17,18). The summed E-state index contributed by atoms with van der Waals surface area (Å²) in [6.07, 6.45) is 5.61. The summed E-state index contributed by atoms with van der Waals surface area (Å²) in [6.45, 7) is 1.50. The van der Waals surface area contributed by atoms with Crippen LogP contribution in [0, 0.1) is 0 Å². The summed E-state index contributed by atoms with van der Waals surface area (Å²) in [5.74, 6) is 0. The average Bonchev–Trinajstić information content (AvgIpc) is 2.75. The molecule has 2 heterocycles. The van der Waals surface area contributed by atoms with E-state index in [1.54, 1.807) is 12.4 Å². The molecule has 0 amide bonds. The van der Waals surface area contributed by atoms with Crippen LogP contribution < -0.4 is 0 Å². The Labute approximate surface area is 118 Å². The summed E-state index contributed by atoms with van der Waals surface area (Å²) in [6, 6.07) is 8.10. The molecule has 0 unspecified atom stereocenters. The zero-order valence-corrected chi connectivity index (χ0v) is 11.9. The van der Waals surface area contributed by atoms with Gasteiger partial charge < -0.3 is 9.47 Å². The van der Waals surface area contributed by atoms with E-state index >= 15 is 0 Å². The van der Waals surface area contributed by atoms with Crippen molar-refractivity contribution >= 4 is 29.2 Å². The van der Waals surface area contributed by atoms with Crippen molar-refractivity contribution in [3.63, 3.8) is 0 Å². The summed E-state index contributed by atoms with van der Waals surface area (Å²) in [5, 5.41) is 0. The number of thiocarbonyl (C=S) groups is 1. The third kappa shape index (κ3) is 3.34. The smallest absolute Gasteiger partial charge is 0.133 e. The number of aromatic nitrogens is 2. The van der Waals surface area contributed by atoms with E-state index in [9.17, 15) is 0 Å². The van der Waals surface area contributed by atoms with Gasteiger partial charge in [0.25, 0.3) is 0 Å². The molecule has 0 atom stereocenters. The van der Waals surface area contributed by atoms with Crippen molar-refractivity contribution in [2.75, 3.05) is 0 Å². The molecule has 0 fully saturated rings. The predicted molar refractivity (Wildman–Crippen MR) is 80.5 cm³/mol. The first kappa shape index (κ1) is 13.1. The van der Waals surface area contributed by atoms with Gasteiger partial charge in [-0.25, -0.2) is 0 Å². The lowest BCUT2D eigenvalue weighted by Crippen LogP contribution is -2.26. The number of thiol groups is 1. The number of nitrogens with zero attached hydrogens (tertiary/aromatic N) is 3. The molecule has 0 saturated carbocycles. The molecule has 2 aromatic heterocycles. The van der Waals surface area contributed by atoms with Gasteiger partial charge >= 0.3 is 0 Å². The second kappa shape index (κ2) is 6.02. The normalized spacial score (nSPS) is 10.3. The summed E-state index contributed by atoms with van der Waals surface area (Å²) in [5.41, 5.74) is 2.39. The predicted octanol–water partition coefficient (Wildman–Crippen LogP) is 2.64. The first-order valence-corrected chi connectivity index (χ1v) is 6.49. The maximum absolute atomic E-state index is 5.20. The fourth-order valence-corrected chi connectivity index (χ4v) is 2.03. The quantitative estimate of drug-likeness (QED) is 0.685. The minimum Gasteiger partial charge on any atom is -0.353 e. The summed E-state index contributed by atoms with van der Waals surface area (Å²) in [4.78, 5) is 6.07. The number of hydrogen-bond donors (Lipinski definition) is 1. The van der Waals surface area contributed by atoms with Crippen LogP contribution in [-0.2, 0) is 20.1 Å². The number of rotatable bonds is 4. The molecule has 0 bridgehead atoms. The molecule has 0 aliphatic carbocycles. The van der Waals surface area contributed by atoms with Gasteiger partial charge in [0.05, 0.1) is 6.54 Å². The molecule has 2 rings (SSSR count). The molecule has 0 saturated heterocycles. The Hall–Kier alpha value is -1.33. The summed E-state index contributed by atoms with van der Waals surface area (Å²) in [7, 11) is 2.03. The van der Waals surface area contributed by atoms with Crippen molar-refractivity contribution in [3.8, 4) is 0 Å². The van der Waals surface area contributed by atoms with Crippen LogP contribution in [0.15, 0.2) is 42.9 Å². The van der Waals surface area contributed by atoms with Crippen molar-refractivity contribution in [2.24, 2.45) is 7.05 Å². The SMILES string of the molecule is Cn1cccc1CN(Cc1ccncc1)C(=S)S. The zero-order chi connectivity index (χ0) is 13.0. The van der Waals surface area contributed by atoms with Gasteiger partial charge in [-0.1, -0.05) is 12.2 Å². The second-order valence-corrected chi connectivity index (χ2v) is 5.22. The minimum atomic E-state index is 0.605. The number of hydrogen-bond acceptors (Lipinski definition) is 2. The molecule has 5 heteroatoms. The highest BCUT2D eigenvalue weighted by Gasteiger charge is 2.09. The van der Waals surface area contributed by atoms with E-state index in [4.69, 9.17) is 12.2 Å². The third-order valence-electron chi connectivity index (χ3n) is 2.80. The van der Waals surface area contributed by atoms with Crippen LogP contribution in [0.5, 0.6) is 0 Å². The Balaban J connectivity index is 2.10. The van der Waals surface area contributed by atoms with E-state index in [0.29, 0.717) is 4.32 Å². The average molecular weight is 277 g/mol. The van der Waals surface area contributed by atoms with Gasteiger partial charge in [0.2, 0.25) is 0 Å². The Bertz CT molecular complexity index is 522. The van der Waals surface area contributed by atoms with Gasteiger partial charge in [-0.05, 0) is 29.8 Å². The minimum absolute atomic E-state index is 0.605. The number of pyridine rings is 1. The van der Waals surface area contributed by atoms with Gasteiger partial charge in [0.15, 0.2) is 0 Å². The van der Waals surface area contributed by atoms with Crippen molar-refractivity contribution in [3.05, 3.63) is 54.1 Å². The fourth-order valence-electron chi connectivity index (χ4n) is 1.76. The molecule has 2 aromatic rings. The zero-order valence-electron chi connectivity index (χ0n) is 10.2. The Morgan fingerprint density at radius 1 is 1.33 bits per heavy atom. The highest BCUT2D eigenvalue weighted by Crippen LogP contribution is 2.12. The summed E-state index contributed by atoms with van der Waals surface area (Å²) >= 11 is 9.50. The highest BCUT2D eigenvalue weighted by atomic mass is 32.1. The van der Waals surface area contributed by atoms with Crippen LogP contribution in [0.4, 0.5) is 0 Å². The van der Waals surface area contributed by atoms with Crippen molar-refractivity contribution < 1.29 is 0 Å². The lowest BCUT2D eigenvalue weighted by atomic mass is 10.2. The van der Waals surface area contributed by atoms with Gasteiger partial charge in [0.1, 0.15) is 4.32 Å². The first-order chi connectivity index (χ1) is 8.66. The lowest BCUT2D eigenvalue weighted by molar-refractivity contribution is 0.410. The van der Waals surface area contributed by atoms with E-state index in [-0.39, 0.29) is 0 Å². The van der Waals surface area contributed by atoms with E-state index < -0.39 is 0 Å². The third-order valence-corrected chi connectivity index (χ3v) is 3.34. The first-order valence-electron chi connectivity index (χ1n) is 5.64. The van der Waals surface area contributed by atoms with Crippen LogP contribution in [0.3, 0.4) is 0 Å². The fraction of sp³-hybridized carbons (Fsp3) is 0.231. The van der Waals surface area contributed by atoms with Gasteiger partial charge in [-0.2, -0.15) is 0 Å². The van der Waals surface area contributed by atoms with E-state index in [1.807, 2.05) is 31.4 Å². The second-order valence-electron chi connectivity index (χ2n) is 4.10. The molecular weight excluding hydrogens is 262 g/mol. The monoisotopic (exact) mass is 277 g/mol. The van der Waals surface area contributed by atoms with Gasteiger partial charge in [0, 0.05) is 37.9 Å². The summed E-state index contributed by atoms with van der Waals surface area (Å²) < 4.78 is 2.69. The molecule has 0 aliphatic rings. The van der Waals surface area contributed by atoms with Gasteiger partial charge in [-0.3, -0.25) is 4.98 Å². The molecule has 3 nitrogen and oxygen atoms in total. The van der Waals surface area contributed by atoms with Crippen molar-refractivity contribution in [1.29, 1.82) is 0 Å².